The standard InChI is InChI=1S/C54H92N4O12S/c1-14-46-53(9,62)50(60)40(7)58(11)33-35(2)28-54(63,29-36(3)49(39(6)51(61)69-46)70-48-31-52(8,64-12)30-38(5)68-48)20-22-66-47-27-44(25-37(4)67-47)57(10)21-19-42(55)32-56-43(34-59)26-41-15-17-45(18-16-41)65-23-24-71-13/h15-18,32,35-40,43-44,46-50,56,59-60,62-63H,14,19,21,23-31,33-34,55H2,1-13H3/b42-32-/t35-,36-,37-,38+,39-,40-,43+,44+,46-,47-,48?,49+,50-,52+,53-,54-/m1/s1. The van der Waals surface area contributed by atoms with Crippen molar-refractivity contribution in [2.24, 2.45) is 23.5 Å². The number of likely N-dealkylation sites (N-methyl/N-ethyl adjacent to an activating group) is 1. The van der Waals surface area contributed by atoms with Gasteiger partial charge in [-0.2, -0.15) is 11.8 Å². The van der Waals surface area contributed by atoms with Gasteiger partial charge >= 0.3 is 5.97 Å². The van der Waals surface area contributed by atoms with Crippen LogP contribution in [0.15, 0.2) is 36.2 Å². The van der Waals surface area contributed by atoms with Crippen LogP contribution in [-0.2, 0) is 39.6 Å². The fourth-order valence-electron chi connectivity index (χ4n) is 10.5. The Morgan fingerprint density at radius 2 is 1.73 bits per heavy atom. The number of esters is 1. The number of hydrogen-bond donors (Lipinski definition) is 6. The topological polar surface area (TPSA) is 207 Å². The Kier molecular flexibility index (Phi) is 24.1. The molecule has 16 atom stereocenters. The second-order valence-corrected chi connectivity index (χ2v) is 22.6. The third-order valence-electron chi connectivity index (χ3n) is 14.9. The zero-order valence-corrected chi connectivity index (χ0v) is 46.0. The highest BCUT2D eigenvalue weighted by atomic mass is 32.2. The molecular weight excluding hydrogens is 929 g/mol. The summed E-state index contributed by atoms with van der Waals surface area (Å²) in [7, 11) is 5.59. The maximum absolute atomic E-state index is 14.2. The molecule has 1 aromatic carbocycles. The van der Waals surface area contributed by atoms with Gasteiger partial charge in [0.15, 0.2) is 6.29 Å². The van der Waals surface area contributed by atoms with E-state index >= 15 is 0 Å². The first-order chi connectivity index (χ1) is 33.4. The van der Waals surface area contributed by atoms with Crippen LogP contribution in [0.2, 0.25) is 0 Å². The number of aliphatic hydroxyl groups excluding tert-OH is 2. The molecule has 1 aromatic rings. The first-order valence-electron chi connectivity index (χ1n) is 25.9. The van der Waals surface area contributed by atoms with E-state index < -0.39 is 71.5 Å². The van der Waals surface area contributed by atoms with Gasteiger partial charge < -0.3 is 74.4 Å². The van der Waals surface area contributed by atoms with Crippen molar-refractivity contribution in [3.63, 3.8) is 0 Å². The van der Waals surface area contributed by atoms with Crippen molar-refractivity contribution in [1.29, 1.82) is 0 Å². The Balaban J connectivity index is 1.49. The average molecular weight is 1020 g/mol. The average Bonchev–Trinajstić information content (AvgIpc) is 3.31. The van der Waals surface area contributed by atoms with Crippen molar-refractivity contribution in [1.82, 2.24) is 15.1 Å². The zero-order valence-electron chi connectivity index (χ0n) is 45.2. The number of hydrogen-bond acceptors (Lipinski definition) is 17. The molecule has 1 unspecified atom stereocenters. The highest BCUT2D eigenvalue weighted by molar-refractivity contribution is 7.98. The van der Waals surface area contributed by atoms with E-state index in [9.17, 15) is 25.2 Å². The van der Waals surface area contributed by atoms with E-state index in [1.165, 1.54) is 6.92 Å². The summed E-state index contributed by atoms with van der Waals surface area (Å²) in [6, 6.07) is 7.33. The number of carbonyl (C=O) groups excluding carboxylic acids is 1. The van der Waals surface area contributed by atoms with E-state index in [2.05, 4.69) is 35.5 Å². The molecule has 16 nitrogen and oxygen atoms in total. The Morgan fingerprint density at radius 1 is 1.04 bits per heavy atom. The van der Waals surface area contributed by atoms with Crippen molar-refractivity contribution in [2.45, 2.75) is 198 Å². The molecule has 4 rings (SSSR count). The molecule has 7 N–H and O–H groups in total. The Labute approximate surface area is 430 Å². The first kappa shape index (κ1) is 60.7. The van der Waals surface area contributed by atoms with Gasteiger partial charge in [-0.15, -0.1) is 0 Å². The van der Waals surface area contributed by atoms with Crippen LogP contribution in [0.3, 0.4) is 0 Å². The van der Waals surface area contributed by atoms with Crippen LogP contribution in [0.25, 0.3) is 0 Å². The molecule has 0 bridgehead atoms. The van der Waals surface area contributed by atoms with Gasteiger partial charge in [0, 0.05) is 75.6 Å². The highest BCUT2D eigenvalue weighted by Crippen LogP contribution is 2.38. The number of benzene rings is 1. The van der Waals surface area contributed by atoms with Crippen molar-refractivity contribution in [3.8, 4) is 17.8 Å². The van der Waals surface area contributed by atoms with Crippen LogP contribution < -0.4 is 15.8 Å². The minimum Gasteiger partial charge on any atom is -0.493 e. The lowest BCUT2D eigenvalue weighted by molar-refractivity contribution is -0.265. The third-order valence-corrected chi connectivity index (χ3v) is 15.5. The minimum absolute atomic E-state index is 0.0455. The SMILES string of the molecule is CC[C@H]1OC(=O)[C@H](C)[C@@H](OC2C[C@@](C)(OC)C[C@H](C)O2)[C@H](C)C[C@@](O)(C#CO[C@H]2C[C@@H](N(C)CC/C(N)=C/N[C@H](CO)Cc3ccc(OCCSC)cc3)C[C@@H](C)O2)C[C@@H](C)CN(C)[C@H](C)[C@@H](O)[C@]1(C)O. The second kappa shape index (κ2) is 28.2. The van der Waals surface area contributed by atoms with Crippen LogP contribution in [0, 0.1) is 29.8 Å². The van der Waals surface area contributed by atoms with Crippen molar-refractivity contribution < 1.29 is 58.4 Å². The first-order valence-corrected chi connectivity index (χ1v) is 27.3. The summed E-state index contributed by atoms with van der Waals surface area (Å²) in [5, 5.41) is 49.5. The zero-order chi connectivity index (χ0) is 52.7. The van der Waals surface area contributed by atoms with Gasteiger partial charge in [-0.3, -0.25) is 4.79 Å². The highest BCUT2D eigenvalue weighted by Gasteiger charge is 2.47. The van der Waals surface area contributed by atoms with Gasteiger partial charge in [0.25, 0.3) is 0 Å². The summed E-state index contributed by atoms with van der Waals surface area (Å²) in [6.07, 6.45) is 6.21. The number of nitrogens with two attached hydrogens (primary N) is 1. The van der Waals surface area contributed by atoms with E-state index in [-0.39, 0.29) is 56.1 Å². The summed E-state index contributed by atoms with van der Waals surface area (Å²) >= 11 is 1.74. The number of carbonyl (C=O) groups is 1. The van der Waals surface area contributed by atoms with Crippen molar-refractivity contribution >= 4 is 17.7 Å². The van der Waals surface area contributed by atoms with Crippen LogP contribution in [0.4, 0.5) is 0 Å². The predicted octanol–water partition coefficient (Wildman–Crippen LogP) is 5.42. The Bertz CT molecular complexity index is 1850. The molecule has 0 aromatic heterocycles. The van der Waals surface area contributed by atoms with Crippen molar-refractivity contribution in [3.05, 3.63) is 41.7 Å². The molecule has 406 valence electrons. The van der Waals surface area contributed by atoms with Crippen LogP contribution in [0.1, 0.15) is 119 Å². The van der Waals surface area contributed by atoms with Crippen LogP contribution in [-0.4, -0.2) is 174 Å². The fourth-order valence-corrected chi connectivity index (χ4v) is 10.8. The molecule has 3 heterocycles. The number of rotatable bonds is 18. The van der Waals surface area contributed by atoms with Gasteiger partial charge in [0.05, 0.1) is 49.1 Å². The Hall–Kier alpha value is -2.86. The number of ether oxygens (including phenoxy) is 7. The summed E-state index contributed by atoms with van der Waals surface area (Å²) < 4.78 is 43.2. The lowest BCUT2D eigenvalue weighted by Gasteiger charge is -2.43. The molecule has 17 heteroatoms. The van der Waals surface area contributed by atoms with E-state index in [4.69, 9.17) is 38.9 Å². The van der Waals surface area contributed by atoms with E-state index in [0.29, 0.717) is 57.5 Å². The summed E-state index contributed by atoms with van der Waals surface area (Å²) in [6.45, 7) is 18.6. The number of cyclic esters (lactones) is 1. The smallest absolute Gasteiger partial charge is 0.311 e. The molecule has 3 saturated heterocycles. The van der Waals surface area contributed by atoms with Gasteiger partial charge in [-0.05, 0) is 129 Å². The van der Waals surface area contributed by atoms with Gasteiger partial charge in [-0.25, -0.2) is 0 Å². The molecule has 0 amide bonds. The number of nitrogens with zero attached hydrogens (tertiary/aromatic N) is 2. The molecule has 3 aliphatic heterocycles. The number of thioether (sulfide) groups is 1. The maximum Gasteiger partial charge on any atom is 0.311 e. The molecule has 0 radical (unpaired) electrons. The number of nitrogens with one attached hydrogen (secondary N) is 1. The van der Waals surface area contributed by atoms with E-state index in [1.54, 1.807) is 32.0 Å². The second-order valence-electron chi connectivity index (χ2n) is 21.6. The lowest BCUT2D eigenvalue weighted by atomic mass is 9.80. The predicted molar refractivity (Wildman–Crippen MR) is 278 cm³/mol. The quantitative estimate of drug-likeness (QED) is 0.0617. The summed E-state index contributed by atoms with van der Waals surface area (Å²) in [5.41, 5.74) is 4.33. The largest absolute Gasteiger partial charge is 0.493 e. The van der Waals surface area contributed by atoms with E-state index in [0.717, 1.165) is 23.5 Å². The molecule has 0 spiro atoms. The van der Waals surface area contributed by atoms with E-state index in [1.807, 2.05) is 84.7 Å². The summed E-state index contributed by atoms with van der Waals surface area (Å²) in [5.74, 6) is 2.79. The Morgan fingerprint density at radius 3 is 2.38 bits per heavy atom. The fraction of sp³-hybridized carbons (Fsp3) is 0.796. The molecule has 3 fully saturated rings. The molecule has 71 heavy (non-hydrogen) atoms. The maximum atomic E-state index is 14.2. The van der Waals surface area contributed by atoms with Crippen molar-refractivity contribution in [2.75, 3.05) is 59.5 Å². The molecule has 0 saturated carbocycles. The minimum atomic E-state index is -1.77. The lowest BCUT2D eigenvalue weighted by Crippen LogP contribution is -2.59. The molecular formula is C54H92N4O12S. The van der Waals surface area contributed by atoms with Gasteiger partial charge in [0.2, 0.25) is 6.29 Å². The molecule has 0 aliphatic carbocycles. The molecule has 3 aliphatic rings. The normalized spacial score (nSPS) is 36.6. The number of aliphatic hydroxyl groups is 4. The third kappa shape index (κ3) is 18.5. The van der Waals surface area contributed by atoms with Gasteiger partial charge in [-0.1, -0.05) is 32.9 Å². The monoisotopic (exact) mass is 1020 g/mol. The van der Waals surface area contributed by atoms with Crippen LogP contribution in [0.5, 0.6) is 5.75 Å². The van der Waals surface area contributed by atoms with Gasteiger partial charge in [0.1, 0.15) is 35.3 Å². The summed E-state index contributed by atoms with van der Waals surface area (Å²) in [4.78, 5) is 18.4. The van der Waals surface area contributed by atoms with Crippen LogP contribution >= 0.6 is 11.8 Å². The number of methoxy groups -OCH3 is 1.